The summed E-state index contributed by atoms with van der Waals surface area (Å²) < 4.78 is 110. The third kappa shape index (κ3) is 4.05. The van der Waals surface area contributed by atoms with Crippen molar-refractivity contribution >= 4 is 65.5 Å². The third-order valence-electron chi connectivity index (χ3n) is 9.66. The molecule has 11 aromatic rings. The van der Waals surface area contributed by atoms with Gasteiger partial charge in [0.05, 0.1) is 61.6 Å². The average molecular weight is 663 g/mol. The molecule has 0 aliphatic rings. The molecule has 0 N–H and O–H groups in total. The SMILES string of the molecule is [2H]c1c([2H])c([2H])c2c(c1[2H])c1ccccc1n2-c1cnc2c(c1)c1ccccc1n2-c1cccc(-c2ccccc2-n2c3c([2H])c([2H])c([2H])c([2H])c3c3c([2H])c([2H])c([2H])c([2H])c32)c1. The van der Waals surface area contributed by atoms with Crippen molar-refractivity contribution in [1.82, 2.24) is 18.7 Å². The van der Waals surface area contributed by atoms with Crippen LogP contribution in [0.2, 0.25) is 0 Å². The predicted octanol–water partition coefficient (Wildman–Crippen LogP) is 12.0. The highest BCUT2D eigenvalue weighted by Gasteiger charge is 2.19. The van der Waals surface area contributed by atoms with Crippen molar-refractivity contribution in [1.29, 1.82) is 0 Å². The van der Waals surface area contributed by atoms with Gasteiger partial charge in [0.15, 0.2) is 0 Å². The van der Waals surface area contributed by atoms with Crippen molar-refractivity contribution < 1.29 is 16.4 Å². The summed E-state index contributed by atoms with van der Waals surface area (Å²) in [5.41, 5.74) is 5.75. The molecule has 0 fully saturated rings. The molecule has 51 heavy (non-hydrogen) atoms. The maximum atomic E-state index is 9.06. The van der Waals surface area contributed by atoms with Crippen LogP contribution >= 0.6 is 0 Å². The zero-order valence-corrected chi connectivity index (χ0v) is 26.7. The summed E-state index contributed by atoms with van der Waals surface area (Å²) in [6.07, 6.45) is 1.70. The van der Waals surface area contributed by atoms with E-state index in [-0.39, 0.29) is 58.1 Å². The van der Waals surface area contributed by atoms with E-state index in [0.717, 1.165) is 22.0 Å². The molecule has 238 valence electrons. The standard InChI is InChI=1S/C47H30N4/c1-7-22-41(51-45-26-11-4-19-37(45)38-20-5-12-27-46(38)51)34(16-1)31-14-13-15-32(28-31)50-44-25-10-6-21-39(44)40-29-33(30-48-47(40)50)49-42-23-8-2-17-35(42)36-18-3-9-24-43(36)49/h1-30H/i2D,4D,5D,8D,11D,12D,17D,19D,20D,23D,26D,27D. The fourth-order valence-corrected chi connectivity index (χ4v) is 7.54. The highest BCUT2D eigenvalue weighted by atomic mass is 15.1. The molecule has 0 atom stereocenters. The number of hydrogen-bond acceptors (Lipinski definition) is 1. The number of pyridine rings is 1. The van der Waals surface area contributed by atoms with Gasteiger partial charge in [0, 0.05) is 43.6 Å². The fourth-order valence-electron chi connectivity index (χ4n) is 7.54. The summed E-state index contributed by atoms with van der Waals surface area (Å²) in [5, 5.41) is 2.82. The zero-order chi connectivity index (χ0) is 43.9. The van der Waals surface area contributed by atoms with Crippen LogP contribution in [0.4, 0.5) is 0 Å². The Labute approximate surface area is 310 Å². The van der Waals surface area contributed by atoms with Gasteiger partial charge in [-0.05, 0) is 60.1 Å². The number of para-hydroxylation sites is 6. The second-order valence-corrected chi connectivity index (χ2v) is 12.3. The van der Waals surface area contributed by atoms with Gasteiger partial charge in [0.25, 0.3) is 0 Å². The Balaban J connectivity index is 1.15. The van der Waals surface area contributed by atoms with Crippen LogP contribution in [-0.2, 0) is 0 Å². The minimum absolute atomic E-state index is 0.00328. The van der Waals surface area contributed by atoms with E-state index >= 15 is 0 Å². The van der Waals surface area contributed by atoms with Crippen LogP contribution in [0.15, 0.2) is 182 Å². The second kappa shape index (κ2) is 10.8. The summed E-state index contributed by atoms with van der Waals surface area (Å²) in [5.74, 6) is 0. The minimum atomic E-state index is -0.505. The lowest BCUT2D eigenvalue weighted by molar-refractivity contribution is 1.11. The first kappa shape index (κ1) is 18.7. The second-order valence-electron chi connectivity index (χ2n) is 12.3. The molecule has 4 aromatic heterocycles. The van der Waals surface area contributed by atoms with Crippen molar-refractivity contribution in [3.63, 3.8) is 0 Å². The summed E-state index contributed by atoms with van der Waals surface area (Å²) in [6, 6.07) is 27.9. The zero-order valence-electron chi connectivity index (χ0n) is 38.7. The minimum Gasteiger partial charge on any atom is -0.309 e. The molecule has 0 unspecified atom stereocenters. The van der Waals surface area contributed by atoms with Crippen molar-refractivity contribution in [2.24, 2.45) is 0 Å². The molecule has 4 heterocycles. The van der Waals surface area contributed by atoms with E-state index in [1.807, 2.05) is 100 Å². The van der Waals surface area contributed by atoms with Crippen LogP contribution in [0.25, 0.3) is 93.7 Å². The van der Waals surface area contributed by atoms with Crippen molar-refractivity contribution in [3.05, 3.63) is 182 Å². The van der Waals surface area contributed by atoms with Gasteiger partial charge in [-0.15, -0.1) is 0 Å². The molecular formula is C47H30N4. The number of fused-ring (bicyclic) bond motifs is 9. The van der Waals surface area contributed by atoms with E-state index in [9.17, 15) is 0 Å². The van der Waals surface area contributed by atoms with E-state index in [4.69, 9.17) is 21.4 Å². The van der Waals surface area contributed by atoms with Crippen LogP contribution in [0.1, 0.15) is 16.4 Å². The van der Waals surface area contributed by atoms with E-state index in [0.29, 0.717) is 50.0 Å². The molecule has 4 nitrogen and oxygen atoms in total. The molecule has 7 aromatic carbocycles. The van der Waals surface area contributed by atoms with Crippen LogP contribution in [-0.4, -0.2) is 18.7 Å². The highest BCUT2D eigenvalue weighted by molar-refractivity contribution is 6.12. The summed E-state index contributed by atoms with van der Waals surface area (Å²) in [4.78, 5) is 5.05. The van der Waals surface area contributed by atoms with Crippen molar-refractivity contribution in [3.8, 4) is 28.2 Å². The Morgan fingerprint density at radius 1 is 0.412 bits per heavy atom. The first-order chi connectivity index (χ1) is 30.3. The topological polar surface area (TPSA) is 27.7 Å². The largest absolute Gasteiger partial charge is 0.309 e. The molecular weight excluding hydrogens is 621 g/mol. The maximum Gasteiger partial charge on any atom is 0.145 e. The lowest BCUT2D eigenvalue weighted by atomic mass is 10.0. The number of benzene rings is 7. The molecule has 0 saturated heterocycles. The molecule has 0 aliphatic carbocycles. The lowest BCUT2D eigenvalue weighted by Gasteiger charge is -2.15. The Kier molecular flexibility index (Phi) is 3.97. The number of aromatic nitrogens is 4. The van der Waals surface area contributed by atoms with Crippen LogP contribution in [0.3, 0.4) is 0 Å². The van der Waals surface area contributed by atoms with Gasteiger partial charge >= 0.3 is 0 Å². The average Bonchev–Trinajstić information content (AvgIpc) is 3.96. The van der Waals surface area contributed by atoms with E-state index in [2.05, 4.69) is 0 Å². The Morgan fingerprint density at radius 3 is 1.71 bits per heavy atom. The smallest absolute Gasteiger partial charge is 0.145 e. The van der Waals surface area contributed by atoms with Gasteiger partial charge in [-0.2, -0.15) is 0 Å². The van der Waals surface area contributed by atoms with Gasteiger partial charge in [0.1, 0.15) is 5.65 Å². The quantitative estimate of drug-likeness (QED) is 0.184. The predicted molar refractivity (Wildman–Crippen MR) is 213 cm³/mol. The van der Waals surface area contributed by atoms with Gasteiger partial charge < -0.3 is 9.13 Å². The summed E-state index contributed by atoms with van der Waals surface area (Å²) in [6.45, 7) is 0. The Morgan fingerprint density at radius 2 is 0.980 bits per heavy atom. The van der Waals surface area contributed by atoms with Gasteiger partial charge in [-0.25, -0.2) is 4.98 Å². The summed E-state index contributed by atoms with van der Waals surface area (Å²) in [7, 11) is 0. The van der Waals surface area contributed by atoms with Crippen LogP contribution in [0, 0.1) is 0 Å². The van der Waals surface area contributed by atoms with Crippen molar-refractivity contribution in [2.45, 2.75) is 0 Å². The molecule has 0 bridgehead atoms. The van der Waals surface area contributed by atoms with E-state index < -0.39 is 36.3 Å². The summed E-state index contributed by atoms with van der Waals surface area (Å²) >= 11 is 0. The van der Waals surface area contributed by atoms with Gasteiger partial charge in [0.2, 0.25) is 0 Å². The number of rotatable bonds is 4. The number of hydrogen-bond donors (Lipinski definition) is 0. The van der Waals surface area contributed by atoms with Crippen LogP contribution in [0.5, 0.6) is 0 Å². The molecule has 11 rings (SSSR count). The van der Waals surface area contributed by atoms with E-state index in [1.165, 1.54) is 4.57 Å². The lowest BCUT2D eigenvalue weighted by Crippen LogP contribution is -1.99. The molecule has 0 radical (unpaired) electrons. The van der Waals surface area contributed by atoms with Crippen molar-refractivity contribution in [2.75, 3.05) is 0 Å². The Hall–Kier alpha value is -6.91. The first-order valence-electron chi connectivity index (χ1n) is 22.4. The molecule has 0 spiro atoms. The van der Waals surface area contributed by atoms with Crippen LogP contribution < -0.4 is 0 Å². The molecule has 0 saturated carbocycles. The van der Waals surface area contributed by atoms with E-state index in [1.54, 1.807) is 18.3 Å². The van der Waals surface area contributed by atoms with Gasteiger partial charge in [-0.3, -0.25) is 4.57 Å². The molecule has 4 heteroatoms. The normalized spacial score (nSPS) is 15.2. The fraction of sp³-hybridized carbons (Fsp3) is 0. The molecule has 0 amide bonds. The first-order valence-corrected chi connectivity index (χ1v) is 16.4. The van der Waals surface area contributed by atoms with Gasteiger partial charge in [-0.1, -0.05) is 121 Å². The third-order valence-corrected chi connectivity index (χ3v) is 9.66. The number of nitrogens with zero attached hydrogens (tertiary/aromatic N) is 4. The monoisotopic (exact) mass is 662 g/mol. The molecule has 0 aliphatic heterocycles. The maximum absolute atomic E-state index is 9.06. The Bertz CT molecular complexity index is 3770. The highest BCUT2D eigenvalue weighted by Crippen LogP contribution is 2.39.